The van der Waals surface area contributed by atoms with E-state index in [1.165, 1.54) is 0 Å². The number of nitrogens with one attached hydrogen (secondary N) is 2. The van der Waals surface area contributed by atoms with Gasteiger partial charge in [-0.15, -0.1) is 11.3 Å². The Bertz CT molecular complexity index is 737. The fraction of sp³-hybridized carbons (Fsp3) is 0.214. The molecule has 0 unspecified atom stereocenters. The van der Waals surface area contributed by atoms with E-state index in [4.69, 9.17) is 0 Å². The predicted octanol–water partition coefficient (Wildman–Crippen LogP) is 3.05. The lowest BCUT2D eigenvalue weighted by atomic mass is 10.2. The molecule has 1 aromatic carbocycles. The maximum Gasteiger partial charge on any atom is 0.224 e. The van der Waals surface area contributed by atoms with Crippen molar-refractivity contribution in [1.82, 2.24) is 15.0 Å². The smallest absolute Gasteiger partial charge is 0.224 e. The second kappa shape index (κ2) is 5.42. The third kappa shape index (κ3) is 2.55. The van der Waals surface area contributed by atoms with Crippen LogP contribution in [0.5, 0.6) is 0 Å². The van der Waals surface area contributed by atoms with Crippen LogP contribution in [0.2, 0.25) is 0 Å². The summed E-state index contributed by atoms with van der Waals surface area (Å²) in [5, 5.41) is 10.5. The lowest BCUT2D eigenvalue weighted by Crippen LogP contribution is -2.05. The first-order valence-electron chi connectivity index (χ1n) is 6.35. The molecule has 5 nitrogen and oxygen atoms in total. The normalized spacial score (nSPS) is 10.7. The fourth-order valence-electron chi connectivity index (χ4n) is 1.97. The van der Waals surface area contributed by atoms with Crippen molar-refractivity contribution in [2.24, 2.45) is 0 Å². The SMILES string of the molecule is CNc1nc(NCc2nc(C)cs2)c2ccccc2n1. The average molecular weight is 285 g/mol. The van der Waals surface area contributed by atoms with E-state index in [2.05, 4.69) is 25.6 Å². The van der Waals surface area contributed by atoms with E-state index in [0.29, 0.717) is 12.5 Å². The third-order valence-electron chi connectivity index (χ3n) is 2.90. The monoisotopic (exact) mass is 285 g/mol. The maximum absolute atomic E-state index is 4.48. The van der Waals surface area contributed by atoms with Crippen molar-refractivity contribution >= 4 is 34.0 Å². The van der Waals surface area contributed by atoms with Gasteiger partial charge in [0.1, 0.15) is 10.8 Å². The molecule has 102 valence electrons. The molecule has 0 saturated heterocycles. The van der Waals surface area contributed by atoms with Crippen LogP contribution in [0.4, 0.5) is 11.8 Å². The molecule has 2 N–H and O–H groups in total. The van der Waals surface area contributed by atoms with Crippen LogP contribution in [0.25, 0.3) is 10.9 Å². The molecule has 0 aliphatic rings. The van der Waals surface area contributed by atoms with Crippen molar-refractivity contribution in [3.8, 4) is 0 Å². The second-order valence-corrected chi connectivity index (χ2v) is 5.34. The highest BCUT2D eigenvalue weighted by Gasteiger charge is 2.07. The Kier molecular flexibility index (Phi) is 3.47. The van der Waals surface area contributed by atoms with Gasteiger partial charge in [-0.3, -0.25) is 0 Å². The summed E-state index contributed by atoms with van der Waals surface area (Å²) in [4.78, 5) is 13.4. The van der Waals surface area contributed by atoms with Crippen LogP contribution in [0.3, 0.4) is 0 Å². The predicted molar refractivity (Wildman–Crippen MR) is 83.3 cm³/mol. The summed E-state index contributed by atoms with van der Waals surface area (Å²) < 4.78 is 0. The van der Waals surface area contributed by atoms with Gasteiger partial charge >= 0.3 is 0 Å². The van der Waals surface area contributed by atoms with Crippen molar-refractivity contribution in [3.63, 3.8) is 0 Å². The van der Waals surface area contributed by atoms with E-state index in [-0.39, 0.29) is 0 Å². The Morgan fingerprint density at radius 2 is 2.00 bits per heavy atom. The van der Waals surface area contributed by atoms with Gasteiger partial charge in [0, 0.05) is 23.5 Å². The minimum Gasteiger partial charge on any atom is -0.363 e. The van der Waals surface area contributed by atoms with Crippen LogP contribution in [0, 0.1) is 6.92 Å². The maximum atomic E-state index is 4.48. The van der Waals surface area contributed by atoms with E-state index < -0.39 is 0 Å². The summed E-state index contributed by atoms with van der Waals surface area (Å²) in [5.74, 6) is 1.44. The summed E-state index contributed by atoms with van der Waals surface area (Å²) >= 11 is 1.65. The van der Waals surface area contributed by atoms with E-state index in [9.17, 15) is 0 Å². The van der Waals surface area contributed by atoms with Crippen LogP contribution in [-0.2, 0) is 6.54 Å². The molecule has 0 bridgehead atoms. The lowest BCUT2D eigenvalue weighted by Gasteiger charge is -2.09. The van der Waals surface area contributed by atoms with Crippen LogP contribution in [0.1, 0.15) is 10.7 Å². The third-order valence-corrected chi connectivity index (χ3v) is 3.87. The van der Waals surface area contributed by atoms with Crippen LogP contribution >= 0.6 is 11.3 Å². The number of benzene rings is 1. The van der Waals surface area contributed by atoms with Gasteiger partial charge < -0.3 is 10.6 Å². The number of aryl methyl sites for hydroxylation is 1. The number of rotatable bonds is 4. The number of fused-ring (bicyclic) bond motifs is 1. The molecule has 0 aliphatic heterocycles. The van der Waals surface area contributed by atoms with Gasteiger partial charge in [-0.05, 0) is 19.1 Å². The van der Waals surface area contributed by atoms with Crippen molar-refractivity contribution in [2.45, 2.75) is 13.5 Å². The molecule has 0 fully saturated rings. The van der Waals surface area contributed by atoms with Crippen LogP contribution < -0.4 is 10.6 Å². The zero-order valence-electron chi connectivity index (χ0n) is 11.3. The van der Waals surface area contributed by atoms with E-state index in [1.54, 1.807) is 11.3 Å². The molecule has 0 saturated carbocycles. The zero-order valence-corrected chi connectivity index (χ0v) is 12.2. The summed E-state index contributed by atoms with van der Waals surface area (Å²) in [7, 11) is 1.82. The first-order chi connectivity index (χ1) is 9.76. The van der Waals surface area contributed by atoms with E-state index >= 15 is 0 Å². The number of aromatic nitrogens is 3. The molecule has 6 heteroatoms. The number of thiazole rings is 1. The van der Waals surface area contributed by atoms with Gasteiger partial charge in [0.2, 0.25) is 5.95 Å². The standard InChI is InChI=1S/C14H15N5S/c1-9-8-20-12(17-9)7-16-13-10-5-3-4-6-11(10)18-14(15-2)19-13/h3-6,8H,7H2,1-2H3,(H2,15,16,18,19). The molecule has 3 rings (SSSR count). The Balaban J connectivity index is 1.93. The van der Waals surface area contributed by atoms with Crippen molar-refractivity contribution < 1.29 is 0 Å². The lowest BCUT2D eigenvalue weighted by molar-refractivity contribution is 1.05. The van der Waals surface area contributed by atoms with Crippen molar-refractivity contribution in [3.05, 3.63) is 40.3 Å². The summed E-state index contributed by atoms with van der Waals surface area (Å²) in [6.07, 6.45) is 0. The summed E-state index contributed by atoms with van der Waals surface area (Å²) in [6, 6.07) is 7.97. The molecule has 0 radical (unpaired) electrons. The first kappa shape index (κ1) is 12.8. The Labute approximate surface area is 121 Å². The number of anilines is 2. The van der Waals surface area contributed by atoms with Gasteiger partial charge in [0.25, 0.3) is 0 Å². The quantitative estimate of drug-likeness (QED) is 0.771. The molecule has 2 aromatic heterocycles. The second-order valence-electron chi connectivity index (χ2n) is 4.40. The number of hydrogen-bond acceptors (Lipinski definition) is 6. The minimum atomic E-state index is 0.613. The van der Waals surface area contributed by atoms with Gasteiger partial charge in [-0.25, -0.2) is 9.97 Å². The van der Waals surface area contributed by atoms with Gasteiger partial charge in [0.05, 0.1) is 12.1 Å². The zero-order chi connectivity index (χ0) is 13.9. The van der Waals surface area contributed by atoms with Gasteiger partial charge in [-0.1, -0.05) is 12.1 Å². The molecule has 3 aromatic rings. The molecule has 0 aliphatic carbocycles. The molecule has 2 heterocycles. The van der Waals surface area contributed by atoms with E-state index in [1.807, 2.05) is 43.6 Å². The topological polar surface area (TPSA) is 62.7 Å². The van der Waals surface area contributed by atoms with Crippen molar-refractivity contribution in [2.75, 3.05) is 17.7 Å². The molecule has 0 amide bonds. The average Bonchev–Trinajstić information content (AvgIpc) is 2.90. The van der Waals surface area contributed by atoms with E-state index in [0.717, 1.165) is 27.4 Å². The Hall–Kier alpha value is -2.21. The van der Waals surface area contributed by atoms with Crippen LogP contribution in [0.15, 0.2) is 29.6 Å². The van der Waals surface area contributed by atoms with Crippen LogP contribution in [-0.4, -0.2) is 22.0 Å². The van der Waals surface area contributed by atoms with Crippen molar-refractivity contribution in [1.29, 1.82) is 0 Å². The summed E-state index contributed by atoms with van der Waals surface area (Å²) in [6.45, 7) is 2.67. The molecular formula is C14H15N5S. The molecular weight excluding hydrogens is 270 g/mol. The fourth-order valence-corrected chi connectivity index (χ4v) is 2.68. The number of hydrogen-bond donors (Lipinski definition) is 2. The molecule has 20 heavy (non-hydrogen) atoms. The molecule has 0 atom stereocenters. The summed E-state index contributed by atoms with van der Waals surface area (Å²) in [5.41, 5.74) is 1.97. The Morgan fingerprint density at radius 1 is 1.15 bits per heavy atom. The molecule has 0 spiro atoms. The van der Waals surface area contributed by atoms with Gasteiger partial charge in [-0.2, -0.15) is 4.98 Å². The Morgan fingerprint density at radius 3 is 2.75 bits per heavy atom. The number of nitrogens with zero attached hydrogens (tertiary/aromatic N) is 3. The number of para-hydroxylation sites is 1. The largest absolute Gasteiger partial charge is 0.363 e. The highest BCUT2D eigenvalue weighted by atomic mass is 32.1. The highest BCUT2D eigenvalue weighted by molar-refractivity contribution is 7.09. The van der Waals surface area contributed by atoms with Gasteiger partial charge in [0.15, 0.2) is 0 Å². The minimum absolute atomic E-state index is 0.613. The highest BCUT2D eigenvalue weighted by Crippen LogP contribution is 2.22. The first-order valence-corrected chi connectivity index (χ1v) is 7.23.